The molecular formula is C21H23N7O14S2. The molecule has 0 spiro atoms. The Balaban J connectivity index is 1.74. The first-order valence-corrected chi connectivity index (χ1v) is 14.0. The molecule has 1 aliphatic rings. The molecule has 0 bridgehead atoms. The fourth-order valence-electron chi connectivity index (χ4n) is 3.32. The van der Waals surface area contributed by atoms with E-state index in [0.717, 1.165) is 25.2 Å². The number of carboxylic acid groups (broad SMARTS) is 1. The number of nitrogens with two attached hydrogens (primary N) is 1. The Morgan fingerprint density at radius 1 is 1.23 bits per heavy atom. The molecule has 2 aromatic rings. The minimum atomic E-state index is -5.22. The largest absolute Gasteiger partial charge is 0.492 e. The molecule has 44 heavy (non-hydrogen) atoms. The number of carbonyl (C=O) groups is 5. The van der Waals surface area contributed by atoms with Crippen LogP contribution in [0.4, 0.5) is 5.13 Å². The SMILES string of the molecule is CC(C)(O/N=C(\C(=O)N[C@@H]1C(=O)N(S(=O)(=O)O)[C@@H]1COC(=O)CNC(=O)c1cc(=O)cc(O)n1O)c1csc(N)n1)C(=O)O. The number of thiazole rings is 1. The lowest BCUT2D eigenvalue weighted by Gasteiger charge is -2.43. The lowest BCUT2D eigenvalue weighted by molar-refractivity contribution is -0.161. The maximum absolute atomic E-state index is 13.1. The van der Waals surface area contributed by atoms with Gasteiger partial charge in [0.1, 0.15) is 30.9 Å². The number of β-lactam (4-membered cyclic amide) rings is 1. The van der Waals surface area contributed by atoms with E-state index in [1.54, 1.807) is 0 Å². The number of rotatable bonds is 12. The summed E-state index contributed by atoms with van der Waals surface area (Å²) in [5.41, 5.74) is 1.18. The van der Waals surface area contributed by atoms with Crippen molar-refractivity contribution >= 4 is 62.1 Å². The summed E-state index contributed by atoms with van der Waals surface area (Å²) >= 11 is 0.868. The third-order valence-electron chi connectivity index (χ3n) is 5.60. The van der Waals surface area contributed by atoms with Gasteiger partial charge in [-0.2, -0.15) is 8.42 Å². The van der Waals surface area contributed by atoms with Crippen molar-refractivity contribution in [2.75, 3.05) is 18.9 Å². The molecule has 0 unspecified atom stereocenters. The quantitative estimate of drug-likeness (QED) is 0.0295. The van der Waals surface area contributed by atoms with Crippen LogP contribution in [0.2, 0.25) is 0 Å². The van der Waals surface area contributed by atoms with Gasteiger partial charge in [0.05, 0.1) is 0 Å². The van der Waals surface area contributed by atoms with Crippen LogP contribution in [0.25, 0.3) is 0 Å². The number of esters is 1. The molecule has 3 rings (SSSR count). The number of nitrogen functional groups attached to an aromatic ring is 1. The highest BCUT2D eigenvalue weighted by Crippen LogP contribution is 2.25. The summed E-state index contributed by atoms with van der Waals surface area (Å²) in [4.78, 5) is 81.6. The second-order valence-corrected chi connectivity index (χ2v) is 11.3. The Labute approximate surface area is 249 Å². The number of hydrogen-bond donors (Lipinski definition) is 7. The monoisotopic (exact) mass is 661 g/mol. The van der Waals surface area contributed by atoms with Crippen molar-refractivity contribution in [3.63, 3.8) is 0 Å². The number of carbonyl (C=O) groups excluding carboxylic acids is 4. The molecule has 0 aliphatic carbocycles. The maximum atomic E-state index is 13.1. The molecule has 8 N–H and O–H groups in total. The number of amides is 3. The number of hydrogen-bond acceptors (Lipinski definition) is 16. The fourth-order valence-corrected chi connectivity index (χ4v) is 4.73. The van der Waals surface area contributed by atoms with Gasteiger partial charge < -0.3 is 41.4 Å². The van der Waals surface area contributed by atoms with Gasteiger partial charge in [-0.05, 0) is 13.8 Å². The van der Waals surface area contributed by atoms with Crippen LogP contribution in [-0.2, 0) is 39.1 Å². The van der Waals surface area contributed by atoms with Crippen molar-refractivity contribution < 1.29 is 61.9 Å². The van der Waals surface area contributed by atoms with Crippen LogP contribution < -0.4 is 21.8 Å². The summed E-state index contributed by atoms with van der Waals surface area (Å²) in [6.45, 7) is 0.344. The van der Waals surface area contributed by atoms with Crippen molar-refractivity contribution in [1.29, 1.82) is 0 Å². The van der Waals surface area contributed by atoms with Gasteiger partial charge in [-0.25, -0.2) is 14.1 Å². The molecule has 3 heterocycles. The Morgan fingerprint density at radius 3 is 2.45 bits per heavy atom. The van der Waals surface area contributed by atoms with Gasteiger partial charge in [0.25, 0.3) is 17.7 Å². The van der Waals surface area contributed by atoms with Crippen LogP contribution >= 0.6 is 11.3 Å². The average Bonchev–Trinajstić information content (AvgIpc) is 3.34. The molecule has 21 nitrogen and oxygen atoms in total. The molecular weight excluding hydrogens is 638 g/mol. The summed E-state index contributed by atoms with van der Waals surface area (Å²) in [5, 5.41) is 37.2. The van der Waals surface area contributed by atoms with Crippen LogP contribution in [0.5, 0.6) is 5.88 Å². The molecule has 1 fully saturated rings. The van der Waals surface area contributed by atoms with Crippen LogP contribution in [-0.4, -0.2) is 109 Å². The van der Waals surface area contributed by atoms with E-state index < -0.39 is 93.5 Å². The third kappa shape index (κ3) is 7.37. The number of aromatic nitrogens is 2. The molecule has 0 radical (unpaired) electrons. The number of anilines is 1. The Kier molecular flexibility index (Phi) is 9.45. The van der Waals surface area contributed by atoms with Crippen LogP contribution in [0.15, 0.2) is 27.5 Å². The lowest BCUT2D eigenvalue weighted by atomic mass is 9.99. The highest BCUT2D eigenvalue weighted by atomic mass is 32.2. The topological polar surface area (TPSA) is 319 Å². The van der Waals surface area contributed by atoms with Crippen LogP contribution in [0.1, 0.15) is 30.0 Å². The van der Waals surface area contributed by atoms with E-state index in [-0.39, 0.29) is 19.9 Å². The highest BCUT2D eigenvalue weighted by Gasteiger charge is 2.55. The minimum absolute atomic E-state index is 0.0292. The number of aliphatic carboxylic acids is 1. The Hall–Kier alpha value is -5.29. The van der Waals surface area contributed by atoms with Crippen LogP contribution in [0.3, 0.4) is 0 Å². The molecule has 3 amide bonds. The van der Waals surface area contributed by atoms with Crippen molar-refractivity contribution in [3.8, 4) is 5.88 Å². The third-order valence-corrected chi connectivity index (χ3v) is 7.22. The second kappa shape index (κ2) is 12.5. The van der Waals surface area contributed by atoms with Crippen LogP contribution in [0, 0.1) is 0 Å². The number of carboxylic acids is 1. The summed E-state index contributed by atoms with van der Waals surface area (Å²) < 4.78 is 37.7. The Bertz CT molecular complexity index is 1710. The first-order valence-electron chi connectivity index (χ1n) is 11.7. The first kappa shape index (κ1) is 33.2. The maximum Gasteiger partial charge on any atom is 0.362 e. The van der Waals surface area contributed by atoms with E-state index in [0.29, 0.717) is 12.1 Å². The number of oxime groups is 1. The zero-order valence-corrected chi connectivity index (χ0v) is 24.0. The summed E-state index contributed by atoms with van der Waals surface area (Å²) in [7, 11) is -5.22. The molecule has 2 atom stereocenters. The van der Waals surface area contributed by atoms with E-state index in [2.05, 4.69) is 15.5 Å². The number of nitrogens with zero attached hydrogens (tertiary/aromatic N) is 4. The highest BCUT2D eigenvalue weighted by molar-refractivity contribution is 7.84. The van der Waals surface area contributed by atoms with E-state index >= 15 is 0 Å². The zero-order chi connectivity index (χ0) is 33.1. The van der Waals surface area contributed by atoms with E-state index in [1.165, 1.54) is 5.38 Å². The van der Waals surface area contributed by atoms with E-state index in [4.69, 9.17) is 15.3 Å². The lowest BCUT2D eigenvalue weighted by Crippen LogP contribution is -2.73. The number of ether oxygens (including phenoxy) is 1. The van der Waals surface area contributed by atoms with Gasteiger partial charge in [-0.1, -0.05) is 5.16 Å². The predicted molar refractivity (Wildman–Crippen MR) is 143 cm³/mol. The average molecular weight is 662 g/mol. The van der Waals surface area contributed by atoms with Crippen molar-refractivity contribution in [3.05, 3.63) is 39.1 Å². The van der Waals surface area contributed by atoms with Gasteiger partial charge in [0.2, 0.25) is 11.5 Å². The molecule has 0 aromatic carbocycles. The van der Waals surface area contributed by atoms with Crippen molar-refractivity contribution in [1.82, 2.24) is 24.7 Å². The van der Waals surface area contributed by atoms with Gasteiger partial charge in [-0.3, -0.25) is 28.5 Å². The molecule has 1 aliphatic heterocycles. The summed E-state index contributed by atoms with van der Waals surface area (Å²) in [6, 6.07) is -2.22. The van der Waals surface area contributed by atoms with Crippen molar-refractivity contribution in [2.45, 2.75) is 31.5 Å². The van der Waals surface area contributed by atoms with E-state index in [9.17, 15) is 57.2 Å². The molecule has 1 saturated heterocycles. The molecule has 238 valence electrons. The first-order chi connectivity index (χ1) is 20.3. The van der Waals surface area contributed by atoms with Gasteiger partial charge in [-0.15, -0.1) is 16.1 Å². The summed E-state index contributed by atoms with van der Waals surface area (Å²) in [5.74, 6) is -7.46. The smallest absolute Gasteiger partial charge is 0.362 e. The second-order valence-electron chi connectivity index (χ2n) is 9.16. The number of aromatic hydroxyl groups is 1. The van der Waals surface area contributed by atoms with Gasteiger partial charge >= 0.3 is 22.2 Å². The predicted octanol–water partition coefficient (Wildman–Crippen LogP) is -3.11. The zero-order valence-electron chi connectivity index (χ0n) is 22.4. The fraction of sp³-hybridized carbons (Fsp3) is 0.333. The summed E-state index contributed by atoms with van der Waals surface area (Å²) in [6.07, 6.45) is 0. The molecule has 2 aromatic heterocycles. The number of nitrogens with one attached hydrogen (secondary N) is 2. The molecule has 23 heteroatoms. The standard InChI is InChI=1S/C21H23N7O14S2/c1-21(2,19(35)36)42-26-14(9-7-43-20(22)24-9)17(33)25-15-11(28(18(15)34)44(38,39)40)6-41-13(31)5-23-16(32)10-3-8(29)4-12(30)27(10)37/h3-4,7,11,15,30,37H,5-6H2,1-2H3,(H2,22,24)(H,23,32)(H,25,33)(H,35,36)(H,38,39,40)/b26-14-/t11-,15+/m1/s1. The number of pyridine rings is 1. The van der Waals surface area contributed by atoms with Gasteiger partial charge in [0, 0.05) is 17.5 Å². The normalized spacial score (nSPS) is 16.9. The van der Waals surface area contributed by atoms with E-state index in [1.807, 2.05) is 5.32 Å². The molecule has 0 saturated carbocycles. The van der Waals surface area contributed by atoms with Gasteiger partial charge in [0.15, 0.2) is 22.0 Å². The minimum Gasteiger partial charge on any atom is -0.492 e. The van der Waals surface area contributed by atoms with Crippen molar-refractivity contribution in [2.24, 2.45) is 5.16 Å². The Morgan fingerprint density at radius 2 is 1.89 bits per heavy atom.